The fraction of sp³-hybridized carbons (Fsp3) is 0.211. The molecule has 0 radical (unpaired) electrons. The molecule has 0 saturated carbocycles. The second-order valence-electron chi connectivity index (χ2n) is 5.70. The van der Waals surface area contributed by atoms with Gasteiger partial charge >= 0.3 is 6.18 Å². The third-order valence-electron chi connectivity index (χ3n) is 3.64. The lowest BCUT2D eigenvalue weighted by Crippen LogP contribution is -2.35. The van der Waals surface area contributed by atoms with Crippen LogP contribution in [0.2, 0.25) is 0 Å². The van der Waals surface area contributed by atoms with Crippen molar-refractivity contribution in [1.29, 1.82) is 5.26 Å². The quantitative estimate of drug-likeness (QED) is 0.734. The van der Waals surface area contributed by atoms with Crippen molar-refractivity contribution in [2.45, 2.75) is 11.1 Å². The van der Waals surface area contributed by atoms with Crippen LogP contribution in [-0.2, 0) is 11.0 Å². The SMILES string of the molecule is CN(CC(=O)Nc1ccccc1C(F)(F)F)C(=O)c1ccccc1SCC#N. The summed E-state index contributed by atoms with van der Waals surface area (Å²) in [4.78, 5) is 26.5. The molecule has 2 rings (SSSR count). The topological polar surface area (TPSA) is 73.2 Å². The van der Waals surface area contributed by atoms with Gasteiger partial charge in [0.1, 0.15) is 0 Å². The number of carbonyl (C=O) groups is 2. The van der Waals surface area contributed by atoms with Crippen molar-refractivity contribution in [2.75, 3.05) is 24.7 Å². The van der Waals surface area contributed by atoms with Gasteiger partial charge in [0.2, 0.25) is 5.91 Å². The van der Waals surface area contributed by atoms with Crippen LogP contribution in [0, 0.1) is 11.3 Å². The minimum Gasteiger partial charge on any atom is -0.332 e. The molecule has 0 aliphatic carbocycles. The van der Waals surface area contributed by atoms with Gasteiger partial charge in [0.15, 0.2) is 0 Å². The summed E-state index contributed by atoms with van der Waals surface area (Å²) in [7, 11) is 1.38. The minimum absolute atomic E-state index is 0.155. The number of nitriles is 1. The third-order valence-corrected chi connectivity index (χ3v) is 4.58. The number of thioether (sulfide) groups is 1. The molecular formula is C19H16F3N3O2S. The number of nitrogens with zero attached hydrogens (tertiary/aromatic N) is 2. The summed E-state index contributed by atoms with van der Waals surface area (Å²) in [5, 5.41) is 10.9. The van der Waals surface area contributed by atoms with Gasteiger partial charge in [0.25, 0.3) is 5.91 Å². The minimum atomic E-state index is -4.61. The summed E-state index contributed by atoms with van der Waals surface area (Å²) in [5.74, 6) is -1.07. The van der Waals surface area contributed by atoms with Crippen LogP contribution in [0.4, 0.5) is 18.9 Å². The van der Waals surface area contributed by atoms with Crippen LogP contribution in [0.15, 0.2) is 53.4 Å². The Balaban J connectivity index is 2.10. The van der Waals surface area contributed by atoms with Crippen LogP contribution in [-0.4, -0.2) is 36.1 Å². The number of rotatable bonds is 6. The van der Waals surface area contributed by atoms with Crippen LogP contribution in [0.3, 0.4) is 0 Å². The molecule has 2 amide bonds. The molecule has 0 aromatic heterocycles. The lowest BCUT2D eigenvalue weighted by Gasteiger charge is -2.19. The molecule has 0 saturated heterocycles. The van der Waals surface area contributed by atoms with Crippen LogP contribution in [0.1, 0.15) is 15.9 Å². The Kier molecular flexibility index (Phi) is 7.06. The van der Waals surface area contributed by atoms with Gasteiger partial charge in [0, 0.05) is 11.9 Å². The maximum absolute atomic E-state index is 13.0. The Bertz CT molecular complexity index is 910. The number of para-hydroxylation sites is 1. The normalized spacial score (nSPS) is 10.8. The Labute approximate surface area is 164 Å². The van der Waals surface area contributed by atoms with Gasteiger partial charge in [-0.1, -0.05) is 24.3 Å². The molecule has 0 heterocycles. The number of hydrogen-bond donors (Lipinski definition) is 1. The van der Waals surface area contributed by atoms with E-state index in [1.165, 1.54) is 30.9 Å². The summed E-state index contributed by atoms with van der Waals surface area (Å²) in [6.45, 7) is -0.428. The standard InChI is InChI=1S/C19H16F3N3O2S/c1-25(18(27)13-6-2-5-9-16(13)28-11-10-23)12-17(26)24-15-8-4-3-7-14(15)19(20,21)22/h2-9H,11-12H2,1H3,(H,24,26). The molecule has 0 spiro atoms. The van der Waals surface area contributed by atoms with E-state index < -0.39 is 30.1 Å². The number of amides is 2. The summed E-state index contributed by atoms with van der Waals surface area (Å²) < 4.78 is 39.0. The van der Waals surface area contributed by atoms with Gasteiger partial charge in [-0.25, -0.2) is 0 Å². The molecule has 2 aromatic rings. The highest BCUT2D eigenvalue weighted by Gasteiger charge is 2.33. The highest BCUT2D eigenvalue weighted by molar-refractivity contribution is 7.99. The largest absolute Gasteiger partial charge is 0.418 e. The zero-order chi connectivity index (χ0) is 20.7. The van der Waals surface area contributed by atoms with E-state index in [0.717, 1.165) is 17.0 Å². The van der Waals surface area contributed by atoms with Crippen LogP contribution in [0.5, 0.6) is 0 Å². The molecule has 0 aliphatic heterocycles. The third kappa shape index (κ3) is 5.50. The molecule has 28 heavy (non-hydrogen) atoms. The van der Waals surface area contributed by atoms with Crippen molar-refractivity contribution >= 4 is 29.3 Å². The van der Waals surface area contributed by atoms with Crippen molar-refractivity contribution in [3.63, 3.8) is 0 Å². The first kappa shape index (κ1) is 21.3. The van der Waals surface area contributed by atoms with E-state index in [0.29, 0.717) is 10.5 Å². The molecule has 2 aromatic carbocycles. The van der Waals surface area contributed by atoms with E-state index in [1.807, 2.05) is 6.07 Å². The molecule has 146 valence electrons. The smallest absolute Gasteiger partial charge is 0.332 e. The van der Waals surface area contributed by atoms with Crippen LogP contribution >= 0.6 is 11.8 Å². The van der Waals surface area contributed by atoms with Crippen LogP contribution in [0.25, 0.3) is 0 Å². The van der Waals surface area contributed by atoms with Gasteiger partial charge < -0.3 is 10.2 Å². The monoisotopic (exact) mass is 407 g/mol. The van der Waals surface area contributed by atoms with E-state index in [4.69, 9.17) is 5.26 Å². The zero-order valence-corrected chi connectivity index (χ0v) is 15.6. The molecule has 5 nitrogen and oxygen atoms in total. The highest BCUT2D eigenvalue weighted by Crippen LogP contribution is 2.34. The number of likely N-dealkylation sites (N-methyl/N-ethyl adjacent to an activating group) is 1. The number of nitrogens with one attached hydrogen (secondary N) is 1. The van der Waals surface area contributed by atoms with E-state index >= 15 is 0 Å². The Hall–Kier alpha value is -2.99. The number of halogens is 3. The predicted octanol–water partition coefficient (Wildman–Crippen LogP) is 4.03. The molecule has 9 heteroatoms. The number of alkyl halides is 3. The van der Waals surface area contributed by atoms with Crippen molar-refractivity contribution in [2.24, 2.45) is 0 Å². The number of anilines is 1. The second kappa shape index (κ2) is 9.28. The van der Waals surface area contributed by atoms with Gasteiger partial charge in [0.05, 0.1) is 35.2 Å². The van der Waals surface area contributed by atoms with Gasteiger partial charge in [-0.2, -0.15) is 18.4 Å². The summed E-state index contributed by atoms with van der Waals surface area (Å²) in [6, 6.07) is 13.2. The van der Waals surface area contributed by atoms with E-state index in [1.54, 1.807) is 24.3 Å². The highest BCUT2D eigenvalue weighted by atomic mass is 32.2. The molecule has 0 aliphatic rings. The van der Waals surface area contributed by atoms with E-state index in [-0.39, 0.29) is 11.4 Å². The van der Waals surface area contributed by atoms with Crippen molar-refractivity contribution in [1.82, 2.24) is 4.90 Å². The van der Waals surface area contributed by atoms with Crippen molar-refractivity contribution in [3.8, 4) is 6.07 Å². The molecule has 0 bridgehead atoms. The summed E-state index contributed by atoms with van der Waals surface area (Å²) >= 11 is 1.18. The lowest BCUT2D eigenvalue weighted by atomic mass is 10.1. The lowest BCUT2D eigenvalue weighted by molar-refractivity contribution is -0.137. The summed E-state index contributed by atoms with van der Waals surface area (Å²) in [5.41, 5.74) is -1.02. The molecular weight excluding hydrogens is 391 g/mol. The Morgan fingerprint density at radius 2 is 1.79 bits per heavy atom. The molecule has 0 atom stereocenters. The molecule has 0 fully saturated rings. The average molecular weight is 407 g/mol. The predicted molar refractivity (Wildman–Crippen MR) is 99.8 cm³/mol. The first-order valence-electron chi connectivity index (χ1n) is 8.04. The molecule has 1 N–H and O–H groups in total. The Morgan fingerprint density at radius 1 is 1.14 bits per heavy atom. The van der Waals surface area contributed by atoms with E-state index in [9.17, 15) is 22.8 Å². The number of carbonyl (C=O) groups excluding carboxylic acids is 2. The van der Waals surface area contributed by atoms with E-state index in [2.05, 4.69) is 5.32 Å². The maximum atomic E-state index is 13.0. The average Bonchev–Trinajstić information content (AvgIpc) is 2.65. The zero-order valence-electron chi connectivity index (χ0n) is 14.8. The first-order chi connectivity index (χ1) is 13.2. The van der Waals surface area contributed by atoms with Gasteiger partial charge in [-0.05, 0) is 24.3 Å². The molecule has 0 unspecified atom stereocenters. The van der Waals surface area contributed by atoms with Crippen molar-refractivity contribution < 1.29 is 22.8 Å². The Morgan fingerprint density at radius 3 is 2.46 bits per heavy atom. The van der Waals surface area contributed by atoms with Gasteiger partial charge in [-0.3, -0.25) is 9.59 Å². The van der Waals surface area contributed by atoms with Crippen LogP contribution < -0.4 is 5.32 Å². The van der Waals surface area contributed by atoms with Gasteiger partial charge in [-0.15, -0.1) is 11.8 Å². The first-order valence-corrected chi connectivity index (χ1v) is 9.03. The summed E-state index contributed by atoms with van der Waals surface area (Å²) in [6.07, 6.45) is -4.61. The van der Waals surface area contributed by atoms with Crippen molar-refractivity contribution in [3.05, 3.63) is 59.7 Å². The fourth-order valence-corrected chi connectivity index (χ4v) is 3.11. The number of benzene rings is 2. The second-order valence-corrected chi connectivity index (χ2v) is 6.71. The maximum Gasteiger partial charge on any atom is 0.418 e. The number of hydrogen-bond acceptors (Lipinski definition) is 4. The fourth-order valence-electron chi connectivity index (χ4n) is 2.40.